The number of benzene rings is 1. The Kier molecular flexibility index (Phi) is 5.37. The van der Waals surface area contributed by atoms with Gasteiger partial charge in [-0.3, -0.25) is 9.59 Å². The molecule has 2 N–H and O–H groups in total. The molecule has 0 aliphatic rings. The molecule has 0 spiro atoms. The largest absolute Gasteiger partial charge is 0.459 e. The third kappa shape index (κ3) is 4.99. The number of primary amides is 1. The Balaban J connectivity index is 1.96. The van der Waals surface area contributed by atoms with Crippen LogP contribution >= 0.6 is 0 Å². The predicted molar refractivity (Wildman–Crippen MR) is 109 cm³/mol. The Morgan fingerprint density at radius 1 is 1.14 bits per heavy atom. The third-order valence-electron chi connectivity index (χ3n) is 4.00. The van der Waals surface area contributed by atoms with Crippen LogP contribution in [0.25, 0.3) is 10.9 Å². The van der Waals surface area contributed by atoms with Crippen molar-refractivity contribution in [1.29, 1.82) is 0 Å². The van der Waals surface area contributed by atoms with Gasteiger partial charge in [-0.15, -0.1) is 0 Å². The number of carbonyl (C=O) groups excluding carboxylic acids is 2. The van der Waals surface area contributed by atoms with Gasteiger partial charge in [-0.25, -0.2) is 9.97 Å². The van der Waals surface area contributed by atoms with E-state index in [0.29, 0.717) is 33.4 Å². The van der Waals surface area contributed by atoms with E-state index in [9.17, 15) is 9.59 Å². The van der Waals surface area contributed by atoms with E-state index in [-0.39, 0.29) is 6.54 Å². The minimum absolute atomic E-state index is 0.0211. The molecule has 0 fully saturated rings. The van der Waals surface area contributed by atoms with Crippen molar-refractivity contribution < 1.29 is 14.3 Å². The molecular weight excluding hydrogens is 368 g/mol. The van der Waals surface area contributed by atoms with Crippen molar-refractivity contribution >= 4 is 22.8 Å². The molecule has 7 nitrogen and oxygen atoms in total. The van der Waals surface area contributed by atoms with Gasteiger partial charge in [-0.1, -0.05) is 11.8 Å². The zero-order valence-corrected chi connectivity index (χ0v) is 16.8. The number of carbonyl (C=O) groups is 2. The van der Waals surface area contributed by atoms with E-state index in [2.05, 4.69) is 21.8 Å². The van der Waals surface area contributed by atoms with Crippen LogP contribution in [0.15, 0.2) is 36.8 Å². The van der Waals surface area contributed by atoms with Crippen molar-refractivity contribution in [1.82, 2.24) is 14.5 Å². The summed E-state index contributed by atoms with van der Waals surface area (Å²) < 4.78 is 7.03. The maximum absolute atomic E-state index is 12.2. The number of nitrogens with zero attached hydrogens (tertiary/aromatic N) is 3. The quantitative estimate of drug-likeness (QED) is 0.547. The van der Waals surface area contributed by atoms with Gasteiger partial charge in [0.05, 0.1) is 11.1 Å². The first kappa shape index (κ1) is 20.1. The second-order valence-electron chi connectivity index (χ2n) is 7.62. The van der Waals surface area contributed by atoms with E-state index in [0.717, 1.165) is 0 Å². The number of esters is 1. The van der Waals surface area contributed by atoms with Crippen molar-refractivity contribution in [3.8, 4) is 11.8 Å². The Bertz CT molecular complexity index is 1140. The van der Waals surface area contributed by atoms with E-state index in [4.69, 9.17) is 10.5 Å². The van der Waals surface area contributed by atoms with Gasteiger partial charge in [0.25, 0.3) is 5.91 Å². The molecule has 7 heteroatoms. The van der Waals surface area contributed by atoms with E-state index >= 15 is 0 Å². The number of aryl methyl sites for hydroxylation is 1. The van der Waals surface area contributed by atoms with E-state index in [1.54, 1.807) is 56.9 Å². The molecule has 0 saturated heterocycles. The molecule has 3 aromatic rings. The molecular formula is C22H22N4O3. The highest BCUT2D eigenvalue weighted by Crippen LogP contribution is 2.23. The molecule has 0 aliphatic carbocycles. The van der Waals surface area contributed by atoms with Gasteiger partial charge >= 0.3 is 5.97 Å². The predicted octanol–water partition coefficient (Wildman–Crippen LogP) is 2.58. The Hall–Kier alpha value is -3.66. The van der Waals surface area contributed by atoms with Gasteiger partial charge in [0.1, 0.15) is 18.0 Å². The topological polar surface area (TPSA) is 100 Å². The van der Waals surface area contributed by atoms with E-state index in [1.807, 2.05) is 12.1 Å². The molecule has 29 heavy (non-hydrogen) atoms. The first-order valence-electron chi connectivity index (χ1n) is 9.07. The second kappa shape index (κ2) is 7.76. The van der Waals surface area contributed by atoms with Gasteiger partial charge in [0.2, 0.25) is 0 Å². The van der Waals surface area contributed by atoms with Crippen molar-refractivity contribution in [3.05, 3.63) is 59.3 Å². The van der Waals surface area contributed by atoms with Crippen molar-refractivity contribution in [2.45, 2.75) is 39.8 Å². The van der Waals surface area contributed by atoms with Crippen LogP contribution in [0.1, 0.15) is 48.1 Å². The summed E-state index contributed by atoms with van der Waals surface area (Å²) in [5.41, 5.74) is 7.37. The van der Waals surface area contributed by atoms with Crippen LogP contribution in [-0.2, 0) is 16.1 Å². The normalized spacial score (nSPS) is 11.0. The molecule has 0 bridgehead atoms. The number of amides is 1. The summed E-state index contributed by atoms with van der Waals surface area (Å²) in [6, 6.07) is 5.41. The molecule has 1 amide bonds. The lowest BCUT2D eigenvalue weighted by Gasteiger charge is -2.19. The van der Waals surface area contributed by atoms with Gasteiger partial charge in [-0.05, 0) is 45.9 Å². The SMILES string of the molecule is Cc1ncc(C#Cc2ccc3c(c2)c(C(N)=O)cn3CC(=O)OC(C)(C)C)cn1. The van der Waals surface area contributed by atoms with Crippen LogP contribution in [0.5, 0.6) is 0 Å². The van der Waals surface area contributed by atoms with Gasteiger partial charge in [-0.2, -0.15) is 0 Å². The average molecular weight is 390 g/mol. The number of nitrogens with two attached hydrogens (primary N) is 1. The van der Waals surface area contributed by atoms with Crippen LogP contribution in [0.3, 0.4) is 0 Å². The summed E-state index contributed by atoms with van der Waals surface area (Å²) in [6.07, 6.45) is 4.88. The lowest BCUT2D eigenvalue weighted by atomic mass is 10.1. The molecule has 3 rings (SSSR count). The number of aromatic nitrogens is 3. The molecule has 1 aromatic carbocycles. The van der Waals surface area contributed by atoms with Gasteiger partial charge in [0.15, 0.2) is 0 Å². The van der Waals surface area contributed by atoms with Gasteiger partial charge < -0.3 is 15.0 Å². The number of rotatable bonds is 3. The maximum atomic E-state index is 12.2. The fraction of sp³-hybridized carbons (Fsp3) is 0.273. The zero-order chi connectivity index (χ0) is 21.2. The fourth-order valence-corrected chi connectivity index (χ4v) is 2.82. The maximum Gasteiger partial charge on any atom is 0.326 e. The van der Waals surface area contributed by atoms with Crippen molar-refractivity contribution in [2.24, 2.45) is 5.73 Å². The summed E-state index contributed by atoms with van der Waals surface area (Å²) in [5.74, 6) is 5.74. The zero-order valence-electron chi connectivity index (χ0n) is 16.8. The minimum Gasteiger partial charge on any atom is -0.459 e. The van der Waals surface area contributed by atoms with Crippen LogP contribution in [0, 0.1) is 18.8 Å². The first-order valence-corrected chi connectivity index (χ1v) is 9.07. The summed E-state index contributed by atoms with van der Waals surface area (Å²) >= 11 is 0. The summed E-state index contributed by atoms with van der Waals surface area (Å²) in [6.45, 7) is 7.19. The molecule has 0 atom stereocenters. The highest BCUT2D eigenvalue weighted by Gasteiger charge is 2.19. The highest BCUT2D eigenvalue weighted by molar-refractivity contribution is 6.06. The molecule has 2 heterocycles. The highest BCUT2D eigenvalue weighted by atomic mass is 16.6. The minimum atomic E-state index is -0.588. The van der Waals surface area contributed by atoms with Gasteiger partial charge in [0, 0.05) is 35.1 Å². The number of hydrogen-bond donors (Lipinski definition) is 1. The Labute approximate surface area is 168 Å². The molecule has 0 radical (unpaired) electrons. The van der Waals surface area contributed by atoms with E-state index in [1.165, 1.54) is 0 Å². The second-order valence-corrected chi connectivity index (χ2v) is 7.62. The standard InChI is InChI=1S/C22H22N4O3/c1-14-24-10-16(11-25-14)6-5-15-7-8-19-17(9-15)18(21(23)28)12-26(19)13-20(27)29-22(2,3)4/h7-12H,13H2,1-4H3,(H2,23,28). The fourth-order valence-electron chi connectivity index (χ4n) is 2.82. The number of fused-ring (bicyclic) bond motifs is 1. The summed E-state index contributed by atoms with van der Waals surface area (Å²) in [5, 5.41) is 0.632. The lowest BCUT2D eigenvalue weighted by molar-refractivity contribution is -0.155. The first-order chi connectivity index (χ1) is 13.6. The van der Waals surface area contributed by atoms with Crippen molar-refractivity contribution in [2.75, 3.05) is 0 Å². The van der Waals surface area contributed by atoms with Crippen LogP contribution in [0.2, 0.25) is 0 Å². The molecule has 148 valence electrons. The Morgan fingerprint density at radius 2 is 1.79 bits per heavy atom. The van der Waals surface area contributed by atoms with Crippen LogP contribution < -0.4 is 5.73 Å². The monoisotopic (exact) mass is 390 g/mol. The molecule has 2 aromatic heterocycles. The van der Waals surface area contributed by atoms with E-state index < -0.39 is 17.5 Å². The molecule has 0 aliphatic heterocycles. The lowest BCUT2D eigenvalue weighted by Crippen LogP contribution is -2.26. The summed E-state index contributed by atoms with van der Waals surface area (Å²) in [4.78, 5) is 32.3. The van der Waals surface area contributed by atoms with Crippen LogP contribution in [-0.4, -0.2) is 32.0 Å². The smallest absolute Gasteiger partial charge is 0.326 e. The number of ether oxygens (including phenoxy) is 1. The molecule has 0 saturated carbocycles. The third-order valence-corrected chi connectivity index (χ3v) is 4.00. The van der Waals surface area contributed by atoms with Crippen LogP contribution in [0.4, 0.5) is 0 Å². The van der Waals surface area contributed by atoms with Crippen molar-refractivity contribution in [3.63, 3.8) is 0 Å². The Morgan fingerprint density at radius 3 is 2.41 bits per heavy atom. The average Bonchev–Trinajstić information content (AvgIpc) is 2.97. The summed E-state index contributed by atoms with van der Waals surface area (Å²) in [7, 11) is 0. The number of hydrogen-bond acceptors (Lipinski definition) is 5. The molecule has 0 unspecified atom stereocenters.